The average Bonchev–Trinajstić information content (AvgIpc) is 3.32. The van der Waals surface area contributed by atoms with Crippen molar-refractivity contribution in [2.24, 2.45) is 0 Å². The van der Waals surface area contributed by atoms with Gasteiger partial charge in [-0.2, -0.15) is 0 Å². The van der Waals surface area contributed by atoms with E-state index in [1.54, 1.807) is 0 Å². The normalized spacial score (nSPS) is 19.0. The number of amides is 1. The number of nitrogens with zero attached hydrogens (tertiary/aromatic N) is 5. The SMILES string of the molecule is CCc1nnc2n1CCN(C(=O)C(c1ccccc1)N1CCCC1)C2. The number of hydrogen-bond acceptors (Lipinski definition) is 4. The number of aromatic nitrogens is 3. The molecular formula is C19H25N5O. The van der Waals surface area contributed by atoms with Crippen LogP contribution in [0.4, 0.5) is 0 Å². The lowest BCUT2D eigenvalue weighted by Gasteiger charge is -2.34. The largest absolute Gasteiger partial charge is 0.332 e. The van der Waals surface area contributed by atoms with Crippen LogP contribution in [0.1, 0.15) is 43.0 Å². The molecule has 0 aliphatic carbocycles. The van der Waals surface area contributed by atoms with Gasteiger partial charge in [-0.3, -0.25) is 9.69 Å². The molecular weight excluding hydrogens is 314 g/mol. The molecule has 1 saturated heterocycles. The molecule has 1 fully saturated rings. The van der Waals surface area contributed by atoms with Crippen LogP contribution in [0.15, 0.2) is 30.3 Å². The standard InChI is InChI=1S/C19H25N5O/c1-2-16-20-21-17-14-23(12-13-24(16)17)19(25)18(22-10-6-7-11-22)15-8-4-3-5-9-15/h3-5,8-9,18H,2,6-7,10-14H2,1H3. The van der Waals surface area contributed by atoms with E-state index in [1.165, 1.54) is 12.8 Å². The summed E-state index contributed by atoms with van der Waals surface area (Å²) in [5.41, 5.74) is 1.09. The molecule has 0 radical (unpaired) electrons. The molecule has 3 heterocycles. The molecule has 0 saturated carbocycles. The first-order valence-corrected chi connectivity index (χ1v) is 9.26. The lowest BCUT2D eigenvalue weighted by Crippen LogP contribution is -2.45. The second kappa shape index (κ2) is 6.96. The lowest BCUT2D eigenvalue weighted by molar-refractivity contribution is -0.138. The van der Waals surface area contributed by atoms with E-state index in [0.717, 1.165) is 49.8 Å². The summed E-state index contributed by atoms with van der Waals surface area (Å²) < 4.78 is 2.16. The molecule has 132 valence electrons. The van der Waals surface area contributed by atoms with E-state index in [0.29, 0.717) is 6.54 Å². The van der Waals surface area contributed by atoms with Gasteiger partial charge in [0.1, 0.15) is 11.9 Å². The van der Waals surface area contributed by atoms with Crippen molar-refractivity contribution in [3.8, 4) is 0 Å². The van der Waals surface area contributed by atoms with Gasteiger partial charge < -0.3 is 9.47 Å². The van der Waals surface area contributed by atoms with Gasteiger partial charge in [0.25, 0.3) is 0 Å². The fourth-order valence-corrected chi connectivity index (χ4v) is 3.99. The second-order valence-electron chi connectivity index (χ2n) is 6.85. The van der Waals surface area contributed by atoms with Gasteiger partial charge in [0.15, 0.2) is 5.82 Å². The lowest BCUT2D eigenvalue weighted by atomic mass is 10.0. The van der Waals surface area contributed by atoms with Gasteiger partial charge in [0, 0.05) is 19.5 Å². The van der Waals surface area contributed by atoms with Gasteiger partial charge in [-0.25, -0.2) is 0 Å². The minimum Gasteiger partial charge on any atom is -0.332 e. The summed E-state index contributed by atoms with van der Waals surface area (Å²) in [6.45, 7) is 6.16. The molecule has 0 bridgehead atoms. The van der Waals surface area contributed by atoms with Crippen molar-refractivity contribution >= 4 is 5.91 Å². The van der Waals surface area contributed by atoms with Crippen molar-refractivity contribution in [3.63, 3.8) is 0 Å². The predicted molar refractivity (Wildman–Crippen MR) is 94.8 cm³/mol. The highest BCUT2D eigenvalue weighted by Crippen LogP contribution is 2.28. The Balaban J connectivity index is 1.58. The zero-order valence-electron chi connectivity index (χ0n) is 14.8. The molecule has 6 nitrogen and oxygen atoms in total. The molecule has 1 aromatic carbocycles. The fraction of sp³-hybridized carbons (Fsp3) is 0.526. The molecule has 0 spiro atoms. The monoisotopic (exact) mass is 339 g/mol. The Morgan fingerprint density at radius 1 is 1.08 bits per heavy atom. The Morgan fingerprint density at radius 2 is 1.84 bits per heavy atom. The van der Waals surface area contributed by atoms with Crippen molar-refractivity contribution in [3.05, 3.63) is 47.5 Å². The summed E-state index contributed by atoms with van der Waals surface area (Å²) in [6, 6.07) is 10.0. The Morgan fingerprint density at radius 3 is 2.56 bits per heavy atom. The summed E-state index contributed by atoms with van der Waals surface area (Å²) in [6.07, 6.45) is 3.22. The zero-order valence-corrected chi connectivity index (χ0v) is 14.8. The van der Waals surface area contributed by atoms with Crippen LogP contribution >= 0.6 is 0 Å². The van der Waals surface area contributed by atoms with E-state index < -0.39 is 0 Å². The fourth-order valence-electron chi connectivity index (χ4n) is 3.99. The van der Waals surface area contributed by atoms with Gasteiger partial charge in [0.2, 0.25) is 5.91 Å². The molecule has 0 N–H and O–H groups in total. The van der Waals surface area contributed by atoms with E-state index in [2.05, 4.69) is 38.7 Å². The predicted octanol–water partition coefficient (Wildman–Crippen LogP) is 2.02. The van der Waals surface area contributed by atoms with Crippen molar-refractivity contribution < 1.29 is 4.79 Å². The van der Waals surface area contributed by atoms with E-state index >= 15 is 0 Å². The molecule has 25 heavy (non-hydrogen) atoms. The minimum atomic E-state index is -0.177. The highest BCUT2D eigenvalue weighted by atomic mass is 16.2. The third-order valence-corrected chi connectivity index (χ3v) is 5.31. The summed E-state index contributed by atoms with van der Waals surface area (Å²) >= 11 is 0. The highest BCUT2D eigenvalue weighted by molar-refractivity contribution is 5.83. The van der Waals surface area contributed by atoms with Gasteiger partial charge >= 0.3 is 0 Å². The van der Waals surface area contributed by atoms with Crippen molar-refractivity contribution in [2.45, 2.75) is 45.3 Å². The molecule has 6 heteroatoms. The molecule has 1 unspecified atom stereocenters. The summed E-state index contributed by atoms with van der Waals surface area (Å²) in [5, 5.41) is 8.55. The van der Waals surface area contributed by atoms with Gasteiger partial charge in [-0.05, 0) is 31.5 Å². The number of fused-ring (bicyclic) bond motifs is 1. The second-order valence-corrected chi connectivity index (χ2v) is 6.85. The molecule has 1 aromatic heterocycles. The first-order chi connectivity index (χ1) is 12.3. The summed E-state index contributed by atoms with van der Waals surface area (Å²) in [5.74, 6) is 2.12. The Hall–Kier alpha value is -2.21. The first-order valence-electron chi connectivity index (χ1n) is 9.26. The molecule has 2 aromatic rings. The highest BCUT2D eigenvalue weighted by Gasteiger charge is 2.34. The summed E-state index contributed by atoms with van der Waals surface area (Å²) in [4.78, 5) is 17.7. The number of likely N-dealkylation sites (tertiary alicyclic amines) is 1. The molecule has 4 rings (SSSR count). The molecule has 2 aliphatic heterocycles. The van der Waals surface area contributed by atoms with Crippen LogP contribution in [0, 0.1) is 0 Å². The number of hydrogen-bond donors (Lipinski definition) is 0. The Labute approximate surface area is 148 Å². The van der Waals surface area contributed by atoms with Crippen LogP contribution in [0.3, 0.4) is 0 Å². The van der Waals surface area contributed by atoms with Crippen molar-refractivity contribution in [1.29, 1.82) is 0 Å². The zero-order chi connectivity index (χ0) is 17.2. The number of carbonyl (C=O) groups is 1. The van der Waals surface area contributed by atoms with Crippen LogP contribution in [0.25, 0.3) is 0 Å². The smallest absolute Gasteiger partial charge is 0.245 e. The molecule has 1 atom stereocenters. The third kappa shape index (κ3) is 3.06. The Bertz CT molecular complexity index is 736. The first kappa shape index (κ1) is 16.3. The average molecular weight is 339 g/mol. The van der Waals surface area contributed by atoms with Gasteiger partial charge in [-0.1, -0.05) is 37.3 Å². The third-order valence-electron chi connectivity index (χ3n) is 5.31. The van der Waals surface area contributed by atoms with E-state index in [-0.39, 0.29) is 11.9 Å². The van der Waals surface area contributed by atoms with Gasteiger partial charge in [-0.15, -0.1) is 10.2 Å². The maximum absolute atomic E-state index is 13.4. The minimum absolute atomic E-state index is 0.177. The number of carbonyl (C=O) groups excluding carboxylic acids is 1. The van der Waals surface area contributed by atoms with E-state index in [1.807, 2.05) is 23.1 Å². The van der Waals surface area contributed by atoms with E-state index in [4.69, 9.17) is 0 Å². The van der Waals surface area contributed by atoms with Crippen molar-refractivity contribution in [2.75, 3.05) is 19.6 Å². The number of benzene rings is 1. The van der Waals surface area contributed by atoms with Crippen LogP contribution in [0.5, 0.6) is 0 Å². The van der Waals surface area contributed by atoms with E-state index in [9.17, 15) is 4.79 Å². The number of aryl methyl sites for hydroxylation is 1. The quantitative estimate of drug-likeness (QED) is 0.855. The number of rotatable bonds is 4. The summed E-state index contributed by atoms with van der Waals surface area (Å²) in [7, 11) is 0. The van der Waals surface area contributed by atoms with Crippen molar-refractivity contribution in [1.82, 2.24) is 24.6 Å². The van der Waals surface area contributed by atoms with Crippen LogP contribution < -0.4 is 0 Å². The van der Waals surface area contributed by atoms with Crippen LogP contribution in [0.2, 0.25) is 0 Å². The molecule has 1 amide bonds. The van der Waals surface area contributed by atoms with Crippen LogP contribution in [-0.4, -0.2) is 50.1 Å². The Kier molecular flexibility index (Phi) is 4.53. The maximum atomic E-state index is 13.4. The van der Waals surface area contributed by atoms with Crippen LogP contribution in [-0.2, 0) is 24.3 Å². The maximum Gasteiger partial charge on any atom is 0.245 e. The molecule has 2 aliphatic rings. The topological polar surface area (TPSA) is 54.3 Å². The van der Waals surface area contributed by atoms with Gasteiger partial charge in [0.05, 0.1) is 6.54 Å².